The Morgan fingerprint density at radius 2 is 1.65 bits per heavy atom. The van der Waals surface area contributed by atoms with Gasteiger partial charge in [-0.3, -0.25) is 4.90 Å². The fourth-order valence-corrected chi connectivity index (χ4v) is 3.54. The van der Waals surface area contributed by atoms with Crippen LogP contribution in [0.2, 0.25) is 0 Å². The molecule has 26 heavy (non-hydrogen) atoms. The summed E-state index contributed by atoms with van der Waals surface area (Å²) in [4.78, 5) is 2.30. The van der Waals surface area contributed by atoms with Crippen molar-refractivity contribution in [2.75, 3.05) is 13.1 Å². The number of nitrogens with zero attached hydrogens (tertiary/aromatic N) is 4. The van der Waals surface area contributed by atoms with Crippen molar-refractivity contribution in [3.63, 3.8) is 0 Å². The van der Waals surface area contributed by atoms with E-state index in [-0.39, 0.29) is 5.82 Å². The summed E-state index contributed by atoms with van der Waals surface area (Å²) >= 11 is 0. The Kier molecular flexibility index (Phi) is 5.07. The molecule has 2 heterocycles. The van der Waals surface area contributed by atoms with Crippen LogP contribution in [0.1, 0.15) is 22.8 Å². The molecule has 4 rings (SSSR count). The van der Waals surface area contributed by atoms with Crippen LogP contribution in [0.15, 0.2) is 54.6 Å². The highest BCUT2D eigenvalue weighted by atomic mass is 19.1. The summed E-state index contributed by atoms with van der Waals surface area (Å²) in [6.07, 6.45) is 2.72. The van der Waals surface area contributed by atoms with Gasteiger partial charge in [-0.1, -0.05) is 48.5 Å². The lowest BCUT2D eigenvalue weighted by Crippen LogP contribution is -2.27. The van der Waals surface area contributed by atoms with E-state index < -0.39 is 0 Å². The molecule has 0 fully saturated rings. The first-order valence-electron chi connectivity index (χ1n) is 9.20. The van der Waals surface area contributed by atoms with E-state index in [1.165, 1.54) is 11.6 Å². The summed E-state index contributed by atoms with van der Waals surface area (Å²) in [5, 5.41) is 8.81. The van der Waals surface area contributed by atoms with E-state index in [1.54, 1.807) is 6.07 Å². The Morgan fingerprint density at radius 3 is 2.50 bits per heavy atom. The van der Waals surface area contributed by atoms with E-state index in [9.17, 15) is 4.39 Å². The monoisotopic (exact) mass is 350 g/mol. The second kappa shape index (κ2) is 7.79. The Morgan fingerprint density at radius 1 is 0.846 bits per heavy atom. The zero-order valence-corrected chi connectivity index (χ0v) is 14.8. The van der Waals surface area contributed by atoms with Crippen LogP contribution in [0.3, 0.4) is 0 Å². The number of benzene rings is 2. The maximum Gasteiger partial charge on any atom is 0.134 e. The third kappa shape index (κ3) is 3.83. The average molecular weight is 350 g/mol. The first-order valence-corrected chi connectivity index (χ1v) is 9.20. The molecule has 4 nitrogen and oxygen atoms in total. The molecule has 0 saturated heterocycles. The van der Waals surface area contributed by atoms with E-state index in [2.05, 4.69) is 43.9 Å². The Labute approximate surface area is 153 Å². The minimum atomic E-state index is -0.125. The fraction of sp³-hybridized carbons (Fsp3) is 0.333. The van der Waals surface area contributed by atoms with E-state index >= 15 is 0 Å². The van der Waals surface area contributed by atoms with E-state index in [0.717, 1.165) is 56.1 Å². The van der Waals surface area contributed by atoms with Crippen LogP contribution in [0.5, 0.6) is 0 Å². The van der Waals surface area contributed by atoms with Gasteiger partial charge in [0.05, 0.1) is 0 Å². The molecule has 0 atom stereocenters. The van der Waals surface area contributed by atoms with Crippen molar-refractivity contribution in [2.24, 2.45) is 0 Å². The number of hydrogen-bond donors (Lipinski definition) is 0. The molecule has 3 aromatic rings. The molecule has 1 aliphatic rings. The number of aryl methyl sites for hydroxylation is 2. The van der Waals surface area contributed by atoms with Crippen LogP contribution >= 0.6 is 0 Å². The maximum atomic E-state index is 13.9. The molecule has 0 radical (unpaired) electrons. The van der Waals surface area contributed by atoms with E-state index in [0.29, 0.717) is 6.54 Å². The van der Waals surface area contributed by atoms with Crippen molar-refractivity contribution >= 4 is 0 Å². The minimum absolute atomic E-state index is 0.125. The molecular weight excluding hydrogens is 327 g/mol. The molecule has 0 amide bonds. The Hall–Kier alpha value is -2.53. The fourth-order valence-electron chi connectivity index (χ4n) is 3.54. The highest BCUT2D eigenvalue weighted by molar-refractivity contribution is 5.18. The van der Waals surface area contributed by atoms with Crippen molar-refractivity contribution in [1.29, 1.82) is 0 Å². The van der Waals surface area contributed by atoms with Gasteiger partial charge in [0.2, 0.25) is 0 Å². The summed E-state index contributed by atoms with van der Waals surface area (Å²) in [6, 6.07) is 17.5. The predicted octanol–water partition coefficient (Wildman–Crippen LogP) is 3.26. The quantitative estimate of drug-likeness (QED) is 0.708. The lowest BCUT2D eigenvalue weighted by Gasteiger charge is -2.20. The third-order valence-electron chi connectivity index (χ3n) is 5.03. The van der Waals surface area contributed by atoms with Gasteiger partial charge in [0.1, 0.15) is 17.5 Å². The Balaban J connectivity index is 1.40. The van der Waals surface area contributed by atoms with E-state index in [4.69, 9.17) is 0 Å². The van der Waals surface area contributed by atoms with Crippen molar-refractivity contribution < 1.29 is 4.39 Å². The molecule has 5 heteroatoms. The van der Waals surface area contributed by atoms with Crippen LogP contribution in [-0.2, 0) is 32.4 Å². The normalized spacial score (nSPS) is 14.8. The smallest absolute Gasteiger partial charge is 0.134 e. The Bertz CT molecular complexity index is 859. The molecule has 1 aliphatic heterocycles. The van der Waals surface area contributed by atoms with Gasteiger partial charge in [-0.05, 0) is 18.1 Å². The second-order valence-corrected chi connectivity index (χ2v) is 6.79. The highest BCUT2D eigenvalue weighted by Crippen LogP contribution is 2.15. The molecule has 134 valence electrons. The van der Waals surface area contributed by atoms with Crippen molar-refractivity contribution in [3.8, 4) is 0 Å². The SMILES string of the molecule is Fc1ccccc1CN1CCc2nnc(CCc3ccccc3)n2CC1. The zero-order valence-electron chi connectivity index (χ0n) is 14.8. The standard InChI is InChI=1S/C21H23FN4/c22-19-9-5-4-8-18(19)16-25-13-12-21-24-23-20(26(21)15-14-25)11-10-17-6-2-1-3-7-17/h1-9H,10-16H2. The number of fused-ring (bicyclic) bond motifs is 1. The largest absolute Gasteiger partial charge is 0.314 e. The first-order chi connectivity index (χ1) is 12.8. The van der Waals surface area contributed by atoms with Crippen LogP contribution < -0.4 is 0 Å². The lowest BCUT2D eigenvalue weighted by atomic mass is 10.1. The summed E-state index contributed by atoms with van der Waals surface area (Å²) in [5.74, 6) is 1.97. The van der Waals surface area contributed by atoms with Gasteiger partial charge >= 0.3 is 0 Å². The topological polar surface area (TPSA) is 34.0 Å². The summed E-state index contributed by atoms with van der Waals surface area (Å²) in [7, 11) is 0. The maximum absolute atomic E-state index is 13.9. The molecule has 1 aromatic heterocycles. The van der Waals surface area contributed by atoms with Gasteiger partial charge < -0.3 is 4.57 Å². The molecule has 0 saturated carbocycles. The first kappa shape index (κ1) is 16.9. The molecule has 0 N–H and O–H groups in total. The number of aromatic nitrogens is 3. The average Bonchev–Trinajstić information content (AvgIpc) is 2.95. The zero-order chi connectivity index (χ0) is 17.8. The number of halogens is 1. The molecule has 0 spiro atoms. The van der Waals surface area contributed by atoms with Gasteiger partial charge in [-0.15, -0.1) is 10.2 Å². The molecule has 0 unspecified atom stereocenters. The van der Waals surface area contributed by atoms with Gasteiger partial charge in [-0.2, -0.15) is 0 Å². The second-order valence-electron chi connectivity index (χ2n) is 6.79. The van der Waals surface area contributed by atoms with Gasteiger partial charge in [0.25, 0.3) is 0 Å². The van der Waals surface area contributed by atoms with E-state index in [1.807, 2.05) is 18.2 Å². The van der Waals surface area contributed by atoms with Gasteiger partial charge in [-0.25, -0.2) is 4.39 Å². The van der Waals surface area contributed by atoms with Crippen molar-refractivity contribution in [1.82, 2.24) is 19.7 Å². The van der Waals surface area contributed by atoms with Crippen molar-refractivity contribution in [2.45, 2.75) is 32.4 Å². The summed E-state index contributed by atoms with van der Waals surface area (Å²) in [5.41, 5.74) is 2.08. The summed E-state index contributed by atoms with van der Waals surface area (Å²) in [6.45, 7) is 3.27. The summed E-state index contributed by atoms with van der Waals surface area (Å²) < 4.78 is 16.2. The van der Waals surface area contributed by atoms with Gasteiger partial charge in [0, 0.05) is 44.6 Å². The van der Waals surface area contributed by atoms with Crippen LogP contribution in [0, 0.1) is 5.82 Å². The van der Waals surface area contributed by atoms with Crippen LogP contribution in [0.4, 0.5) is 4.39 Å². The molecular formula is C21H23FN4. The van der Waals surface area contributed by atoms with Crippen LogP contribution in [0.25, 0.3) is 0 Å². The third-order valence-corrected chi connectivity index (χ3v) is 5.03. The van der Waals surface area contributed by atoms with Crippen LogP contribution in [-0.4, -0.2) is 32.8 Å². The molecule has 2 aromatic carbocycles. The van der Waals surface area contributed by atoms with Crippen molar-refractivity contribution in [3.05, 3.63) is 83.2 Å². The highest BCUT2D eigenvalue weighted by Gasteiger charge is 2.19. The molecule has 0 bridgehead atoms. The number of rotatable bonds is 5. The van der Waals surface area contributed by atoms with Gasteiger partial charge in [0.15, 0.2) is 0 Å². The minimum Gasteiger partial charge on any atom is -0.314 e. The lowest BCUT2D eigenvalue weighted by molar-refractivity contribution is 0.266. The molecule has 0 aliphatic carbocycles. The predicted molar refractivity (Wildman–Crippen MR) is 99.3 cm³/mol. The number of hydrogen-bond acceptors (Lipinski definition) is 3.